The summed E-state index contributed by atoms with van der Waals surface area (Å²) < 4.78 is 2.08. The first-order chi connectivity index (χ1) is 17.0. The third-order valence-corrected chi connectivity index (χ3v) is 8.81. The van der Waals surface area contributed by atoms with Gasteiger partial charge < -0.3 is 19.7 Å². The number of aromatic nitrogens is 1. The number of benzene rings is 1. The Kier molecular flexibility index (Phi) is 7.19. The molecule has 1 saturated heterocycles. The first-order valence-corrected chi connectivity index (χ1v) is 14.0. The lowest BCUT2D eigenvalue weighted by Crippen LogP contribution is -2.65. The molecule has 0 spiro atoms. The van der Waals surface area contributed by atoms with Gasteiger partial charge in [-0.2, -0.15) is 0 Å². The molecule has 0 bridgehead atoms. The van der Waals surface area contributed by atoms with E-state index in [4.69, 9.17) is 0 Å². The first kappa shape index (κ1) is 24.4. The van der Waals surface area contributed by atoms with E-state index in [0.717, 1.165) is 43.3 Å². The molecule has 0 unspecified atom stereocenters. The maximum Gasteiger partial charge on any atom is 0.271 e. The molecule has 190 valence electrons. The van der Waals surface area contributed by atoms with Crippen LogP contribution >= 0.6 is 0 Å². The van der Waals surface area contributed by atoms with E-state index in [0.29, 0.717) is 24.8 Å². The maximum atomic E-state index is 13.9. The van der Waals surface area contributed by atoms with Gasteiger partial charge in [-0.05, 0) is 64.1 Å². The Bertz CT molecular complexity index is 1060. The molecule has 2 aromatic rings. The fourth-order valence-electron chi connectivity index (χ4n) is 6.69. The fourth-order valence-corrected chi connectivity index (χ4v) is 6.69. The van der Waals surface area contributed by atoms with Crippen LogP contribution in [0.4, 0.5) is 0 Å². The molecule has 2 atom stereocenters. The van der Waals surface area contributed by atoms with E-state index >= 15 is 0 Å². The summed E-state index contributed by atoms with van der Waals surface area (Å²) >= 11 is 0. The topological polar surface area (TPSA) is 57.6 Å². The number of carbonyl (C=O) groups excluding carboxylic acids is 2. The zero-order valence-corrected chi connectivity index (χ0v) is 21.6. The number of piperidine rings is 1. The highest BCUT2D eigenvalue weighted by molar-refractivity contribution is 6.03. The summed E-state index contributed by atoms with van der Waals surface area (Å²) in [4.78, 5) is 32.3. The molecule has 1 aromatic heterocycles. The van der Waals surface area contributed by atoms with Gasteiger partial charge in [0.15, 0.2) is 0 Å². The van der Waals surface area contributed by atoms with Crippen molar-refractivity contribution in [1.29, 1.82) is 0 Å². The molecular formula is C29H42N4O2. The van der Waals surface area contributed by atoms with Crippen LogP contribution in [0.25, 0.3) is 10.9 Å². The summed E-state index contributed by atoms with van der Waals surface area (Å²) in [5.74, 6) is -0.00924. The number of amides is 2. The van der Waals surface area contributed by atoms with Gasteiger partial charge in [0.1, 0.15) is 11.2 Å². The second kappa shape index (κ2) is 10.3. The maximum absolute atomic E-state index is 13.9. The van der Waals surface area contributed by atoms with Crippen molar-refractivity contribution < 1.29 is 9.59 Å². The highest BCUT2D eigenvalue weighted by atomic mass is 16.2. The second-order valence-electron chi connectivity index (χ2n) is 11.2. The number of hydrogen-bond acceptors (Lipinski definition) is 3. The van der Waals surface area contributed by atoms with Crippen molar-refractivity contribution in [2.24, 2.45) is 0 Å². The number of nitrogens with zero attached hydrogens (tertiary/aromatic N) is 3. The van der Waals surface area contributed by atoms with Crippen LogP contribution in [0.15, 0.2) is 30.3 Å². The number of rotatable bonds is 7. The number of nitrogens with one attached hydrogen (secondary N) is 1. The Hall–Kier alpha value is -2.34. The molecule has 5 rings (SSSR count). The van der Waals surface area contributed by atoms with Gasteiger partial charge in [-0.3, -0.25) is 9.59 Å². The van der Waals surface area contributed by atoms with Crippen molar-refractivity contribution in [2.75, 3.05) is 19.6 Å². The third kappa shape index (κ3) is 4.74. The van der Waals surface area contributed by atoms with Crippen molar-refractivity contribution in [3.8, 4) is 0 Å². The SMILES string of the molecule is CC[C@H]1CCCCN1CCCN1C(=O)c2cc3ccccc3n2C[C@@]1(C)C(=O)NC1CCCCC1. The van der Waals surface area contributed by atoms with Crippen LogP contribution in [0.2, 0.25) is 0 Å². The number of carbonyl (C=O) groups is 2. The first-order valence-electron chi connectivity index (χ1n) is 14.0. The van der Waals surface area contributed by atoms with E-state index in [2.05, 4.69) is 33.8 Å². The summed E-state index contributed by atoms with van der Waals surface area (Å²) in [5.41, 5.74) is 0.847. The van der Waals surface area contributed by atoms with Crippen molar-refractivity contribution in [3.05, 3.63) is 36.0 Å². The normalized spacial score (nSPS) is 26.2. The summed E-state index contributed by atoms with van der Waals surface area (Å²) in [6.45, 7) is 7.52. The molecule has 1 saturated carbocycles. The van der Waals surface area contributed by atoms with Crippen molar-refractivity contribution in [2.45, 2.75) is 102 Å². The lowest BCUT2D eigenvalue weighted by molar-refractivity contribution is -0.133. The second-order valence-corrected chi connectivity index (χ2v) is 11.2. The van der Waals surface area contributed by atoms with Gasteiger partial charge in [-0.1, -0.05) is 50.8 Å². The lowest BCUT2D eigenvalue weighted by atomic mass is 9.91. The van der Waals surface area contributed by atoms with Gasteiger partial charge in [0.05, 0.1) is 6.54 Å². The van der Waals surface area contributed by atoms with Gasteiger partial charge in [0.25, 0.3) is 5.91 Å². The number of fused-ring (bicyclic) bond motifs is 3. The summed E-state index contributed by atoms with van der Waals surface area (Å²) in [7, 11) is 0. The monoisotopic (exact) mass is 478 g/mol. The minimum Gasteiger partial charge on any atom is -0.351 e. The van der Waals surface area contributed by atoms with Gasteiger partial charge >= 0.3 is 0 Å². The smallest absolute Gasteiger partial charge is 0.271 e. The van der Waals surface area contributed by atoms with Gasteiger partial charge in [-0.15, -0.1) is 0 Å². The largest absolute Gasteiger partial charge is 0.351 e. The fraction of sp³-hybridized carbons (Fsp3) is 0.655. The van der Waals surface area contributed by atoms with Crippen molar-refractivity contribution in [3.63, 3.8) is 0 Å². The van der Waals surface area contributed by atoms with Gasteiger partial charge in [-0.25, -0.2) is 0 Å². The molecule has 3 heterocycles. The van der Waals surface area contributed by atoms with Crippen molar-refractivity contribution >= 4 is 22.7 Å². The average molecular weight is 479 g/mol. The molecule has 6 heteroatoms. The predicted octanol–water partition coefficient (Wildman–Crippen LogP) is 4.96. The van der Waals surface area contributed by atoms with Crippen LogP contribution < -0.4 is 5.32 Å². The molecule has 3 aliphatic rings. The third-order valence-electron chi connectivity index (χ3n) is 8.81. The molecule has 2 fully saturated rings. The van der Waals surface area contributed by atoms with Gasteiger partial charge in [0.2, 0.25) is 5.91 Å². The van der Waals surface area contributed by atoms with Crippen LogP contribution in [0.1, 0.15) is 88.5 Å². The molecular weight excluding hydrogens is 436 g/mol. The van der Waals surface area contributed by atoms with Crippen LogP contribution in [-0.4, -0.2) is 63.4 Å². The number of para-hydroxylation sites is 1. The molecule has 1 aromatic carbocycles. The average Bonchev–Trinajstić information content (AvgIpc) is 3.25. The molecule has 2 amide bonds. The zero-order valence-electron chi connectivity index (χ0n) is 21.6. The highest BCUT2D eigenvalue weighted by Crippen LogP contribution is 2.33. The lowest BCUT2D eigenvalue weighted by Gasteiger charge is -2.45. The van der Waals surface area contributed by atoms with E-state index in [1.54, 1.807) is 0 Å². The molecule has 0 radical (unpaired) electrons. The van der Waals surface area contributed by atoms with Crippen LogP contribution in [0.3, 0.4) is 0 Å². The minimum atomic E-state index is -0.893. The zero-order chi connectivity index (χ0) is 24.4. The van der Waals surface area contributed by atoms with Crippen LogP contribution in [-0.2, 0) is 11.3 Å². The minimum absolute atomic E-state index is 0.00517. The Balaban J connectivity index is 1.39. The quantitative estimate of drug-likeness (QED) is 0.612. The Labute approximate surface area is 210 Å². The molecule has 2 aliphatic heterocycles. The van der Waals surface area contributed by atoms with Gasteiger partial charge in [0, 0.05) is 36.1 Å². The van der Waals surface area contributed by atoms with E-state index in [9.17, 15) is 9.59 Å². The Morgan fingerprint density at radius 2 is 1.83 bits per heavy atom. The Morgan fingerprint density at radius 3 is 2.63 bits per heavy atom. The summed E-state index contributed by atoms with van der Waals surface area (Å²) in [6.07, 6.45) is 11.6. The predicted molar refractivity (Wildman–Crippen MR) is 141 cm³/mol. The van der Waals surface area contributed by atoms with E-state index in [-0.39, 0.29) is 17.9 Å². The molecule has 1 N–H and O–H groups in total. The summed E-state index contributed by atoms with van der Waals surface area (Å²) in [5, 5.41) is 4.41. The Morgan fingerprint density at radius 1 is 1.06 bits per heavy atom. The number of likely N-dealkylation sites (tertiary alicyclic amines) is 1. The molecule has 1 aliphatic carbocycles. The highest BCUT2D eigenvalue weighted by Gasteiger charge is 2.48. The van der Waals surface area contributed by atoms with E-state index in [1.165, 1.54) is 44.9 Å². The van der Waals surface area contributed by atoms with Crippen LogP contribution in [0, 0.1) is 0 Å². The van der Waals surface area contributed by atoms with E-state index < -0.39 is 5.54 Å². The van der Waals surface area contributed by atoms with Crippen LogP contribution in [0.5, 0.6) is 0 Å². The van der Waals surface area contributed by atoms with Crippen molar-refractivity contribution in [1.82, 2.24) is 19.7 Å². The molecule has 35 heavy (non-hydrogen) atoms. The number of hydrogen-bond donors (Lipinski definition) is 1. The standard InChI is InChI=1S/C29H42N4O2/c1-3-24-15-9-10-17-31(24)18-11-19-33-27(34)26-20-22-12-7-8-16-25(22)32(26)21-29(33,2)28(35)30-23-13-5-4-6-14-23/h7-8,12,16,20,23-24H,3-6,9-11,13-15,17-19,21H2,1-2H3,(H,30,35)/t24-,29-/m0/s1. The molecule has 6 nitrogen and oxygen atoms in total. The van der Waals surface area contributed by atoms with E-state index in [1.807, 2.05) is 30.0 Å². The summed E-state index contributed by atoms with van der Waals surface area (Å²) in [6, 6.07) is 11.0.